The molecule has 0 unspecified atom stereocenters. The molecular formula is C19H23N3O5S. The monoisotopic (exact) mass is 405 g/mol. The van der Waals surface area contributed by atoms with Crippen molar-refractivity contribution in [2.45, 2.75) is 38.9 Å². The van der Waals surface area contributed by atoms with E-state index in [-0.39, 0.29) is 6.10 Å². The first kappa shape index (κ1) is 20.1. The third-order valence-electron chi connectivity index (χ3n) is 4.42. The summed E-state index contributed by atoms with van der Waals surface area (Å²) >= 11 is 5.13. The van der Waals surface area contributed by atoms with E-state index in [0.717, 1.165) is 30.4 Å². The molecule has 28 heavy (non-hydrogen) atoms. The van der Waals surface area contributed by atoms with Crippen LogP contribution < -0.4 is 26.5 Å². The molecule has 150 valence electrons. The number of hydrazine groups is 1. The minimum Gasteiger partial charge on any atom is -0.481 e. The van der Waals surface area contributed by atoms with Crippen molar-refractivity contribution in [3.63, 3.8) is 0 Å². The fourth-order valence-electron chi connectivity index (χ4n) is 2.91. The van der Waals surface area contributed by atoms with Gasteiger partial charge in [-0.2, -0.15) is 0 Å². The van der Waals surface area contributed by atoms with Crippen LogP contribution in [-0.4, -0.2) is 36.4 Å². The summed E-state index contributed by atoms with van der Waals surface area (Å²) in [7, 11) is 0. The Labute approximate surface area is 167 Å². The third kappa shape index (κ3) is 5.20. The Morgan fingerprint density at radius 3 is 2.93 bits per heavy atom. The van der Waals surface area contributed by atoms with Crippen LogP contribution in [0.5, 0.6) is 5.75 Å². The molecule has 1 fully saturated rings. The molecule has 1 amide bonds. The zero-order valence-corrected chi connectivity index (χ0v) is 16.6. The summed E-state index contributed by atoms with van der Waals surface area (Å²) in [6, 6.07) is 6.53. The number of rotatable bonds is 5. The first-order chi connectivity index (χ1) is 13.4. The van der Waals surface area contributed by atoms with Gasteiger partial charge in [-0.3, -0.25) is 15.6 Å². The lowest BCUT2D eigenvalue weighted by Crippen LogP contribution is -2.51. The van der Waals surface area contributed by atoms with Gasteiger partial charge in [-0.15, -0.1) is 0 Å². The van der Waals surface area contributed by atoms with E-state index in [4.69, 9.17) is 26.1 Å². The van der Waals surface area contributed by atoms with Crippen LogP contribution in [0.4, 0.5) is 0 Å². The molecule has 0 aliphatic carbocycles. The molecule has 1 saturated heterocycles. The molecule has 2 aromatic rings. The molecule has 0 spiro atoms. The van der Waals surface area contributed by atoms with Crippen molar-refractivity contribution < 1.29 is 18.7 Å². The topological polar surface area (TPSA) is 102 Å². The molecule has 2 atom stereocenters. The lowest BCUT2D eigenvalue weighted by atomic mass is 10.1. The van der Waals surface area contributed by atoms with Gasteiger partial charge < -0.3 is 19.2 Å². The van der Waals surface area contributed by atoms with E-state index in [9.17, 15) is 9.59 Å². The third-order valence-corrected chi connectivity index (χ3v) is 4.66. The molecule has 8 nitrogen and oxygen atoms in total. The van der Waals surface area contributed by atoms with Gasteiger partial charge in [0.15, 0.2) is 11.2 Å². The molecule has 0 saturated carbocycles. The van der Waals surface area contributed by atoms with Gasteiger partial charge >= 0.3 is 5.63 Å². The molecule has 1 aliphatic rings. The number of nitrogens with one attached hydrogen (secondary N) is 3. The van der Waals surface area contributed by atoms with E-state index in [0.29, 0.717) is 23.0 Å². The Kier molecular flexibility index (Phi) is 6.48. The summed E-state index contributed by atoms with van der Waals surface area (Å²) in [4.78, 5) is 23.7. The highest BCUT2D eigenvalue weighted by atomic mass is 32.1. The smallest absolute Gasteiger partial charge is 0.336 e. The van der Waals surface area contributed by atoms with E-state index >= 15 is 0 Å². The normalized spacial score (nSPS) is 17.1. The highest BCUT2D eigenvalue weighted by Gasteiger charge is 2.17. The first-order valence-corrected chi connectivity index (χ1v) is 9.49. The van der Waals surface area contributed by atoms with Gasteiger partial charge in [-0.25, -0.2) is 4.79 Å². The van der Waals surface area contributed by atoms with Gasteiger partial charge in [-0.1, -0.05) is 0 Å². The quantitative estimate of drug-likeness (QED) is 0.391. The minimum atomic E-state index is -0.789. The van der Waals surface area contributed by atoms with E-state index in [1.54, 1.807) is 25.1 Å². The Bertz CT molecular complexity index is 923. The Balaban J connectivity index is 1.50. The van der Waals surface area contributed by atoms with Crippen LogP contribution in [0, 0.1) is 6.92 Å². The Morgan fingerprint density at radius 2 is 2.18 bits per heavy atom. The van der Waals surface area contributed by atoms with Crippen LogP contribution in [0.25, 0.3) is 11.0 Å². The average Bonchev–Trinajstić information content (AvgIpc) is 3.17. The zero-order chi connectivity index (χ0) is 20.1. The van der Waals surface area contributed by atoms with Crippen LogP contribution in [0.15, 0.2) is 33.5 Å². The number of fused-ring (bicyclic) bond motifs is 1. The number of carbonyl (C=O) groups excluding carboxylic acids is 1. The Hall–Kier alpha value is -2.65. The van der Waals surface area contributed by atoms with Gasteiger partial charge in [0.1, 0.15) is 11.3 Å². The van der Waals surface area contributed by atoms with Crippen LogP contribution >= 0.6 is 12.2 Å². The van der Waals surface area contributed by atoms with Crippen molar-refractivity contribution in [2.75, 3.05) is 13.2 Å². The number of amides is 1. The molecule has 1 aromatic heterocycles. The molecule has 2 heterocycles. The van der Waals surface area contributed by atoms with Crippen molar-refractivity contribution in [1.29, 1.82) is 0 Å². The number of thiocarbonyl (C=S) groups is 1. The van der Waals surface area contributed by atoms with Gasteiger partial charge in [0, 0.05) is 30.7 Å². The summed E-state index contributed by atoms with van der Waals surface area (Å²) in [5.41, 5.74) is 5.94. The molecule has 1 aromatic carbocycles. The molecule has 0 bridgehead atoms. The van der Waals surface area contributed by atoms with Gasteiger partial charge in [-0.05, 0) is 56.6 Å². The average molecular weight is 405 g/mol. The van der Waals surface area contributed by atoms with Crippen molar-refractivity contribution in [2.24, 2.45) is 0 Å². The molecular weight excluding hydrogens is 382 g/mol. The van der Waals surface area contributed by atoms with Gasteiger partial charge in [0.2, 0.25) is 0 Å². The molecule has 3 N–H and O–H groups in total. The molecule has 3 rings (SSSR count). The number of ether oxygens (including phenoxy) is 2. The highest BCUT2D eigenvalue weighted by Crippen LogP contribution is 2.22. The SMILES string of the molecule is Cc1cc(=O)oc2cc(O[C@H](C)C(=O)NNC(=S)NC[C@@H]3CCCO3)ccc12. The number of carbonyl (C=O) groups is 1. The van der Waals surface area contributed by atoms with Crippen molar-refractivity contribution >= 4 is 34.2 Å². The number of hydrogen-bond acceptors (Lipinski definition) is 6. The highest BCUT2D eigenvalue weighted by molar-refractivity contribution is 7.80. The first-order valence-electron chi connectivity index (χ1n) is 9.09. The van der Waals surface area contributed by atoms with Crippen LogP contribution in [-0.2, 0) is 9.53 Å². The predicted octanol–water partition coefficient (Wildman–Crippen LogP) is 1.54. The van der Waals surface area contributed by atoms with Crippen molar-refractivity contribution in [3.05, 3.63) is 40.2 Å². The summed E-state index contributed by atoms with van der Waals surface area (Å²) in [5.74, 6) is 0.0232. The number of hydrogen-bond donors (Lipinski definition) is 3. The van der Waals surface area contributed by atoms with Crippen molar-refractivity contribution in [3.8, 4) is 5.75 Å². The maximum absolute atomic E-state index is 12.2. The number of aryl methyl sites for hydroxylation is 1. The van der Waals surface area contributed by atoms with Crippen LogP contribution in [0.2, 0.25) is 0 Å². The second-order valence-electron chi connectivity index (χ2n) is 6.63. The standard InChI is InChI=1S/C19H23N3O5S/c1-11-8-17(23)27-16-9-13(5-6-15(11)16)26-12(2)18(24)21-22-19(28)20-10-14-4-3-7-25-14/h5-6,8-9,12,14H,3-4,7,10H2,1-2H3,(H,21,24)(H2,20,22,28)/t12-,14+/m1/s1. The van der Waals surface area contributed by atoms with E-state index in [1.165, 1.54) is 6.07 Å². The minimum absolute atomic E-state index is 0.147. The van der Waals surface area contributed by atoms with Crippen molar-refractivity contribution in [1.82, 2.24) is 16.2 Å². The summed E-state index contributed by atoms with van der Waals surface area (Å²) in [6.45, 7) is 4.80. The van der Waals surface area contributed by atoms with Gasteiger partial charge in [0.05, 0.1) is 6.10 Å². The van der Waals surface area contributed by atoms with E-state index in [2.05, 4.69) is 16.2 Å². The van der Waals surface area contributed by atoms with E-state index in [1.807, 2.05) is 6.92 Å². The van der Waals surface area contributed by atoms with Gasteiger partial charge in [0.25, 0.3) is 5.91 Å². The zero-order valence-electron chi connectivity index (χ0n) is 15.7. The fourth-order valence-corrected chi connectivity index (χ4v) is 3.05. The largest absolute Gasteiger partial charge is 0.481 e. The second kappa shape index (κ2) is 9.03. The summed E-state index contributed by atoms with van der Waals surface area (Å²) < 4.78 is 16.3. The van der Waals surface area contributed by atoms with E-state index < -0.39 is 17.6 Å². The Morgan fingerprint density at radius 1 is 1.36 bits per heavy atom. The van der Waals surface area contributed by atoms with Crippen LogP contribution in [0.1, 0.15) is 25.3 Å². The predicted molar refractivity (Wildman–Crippen MR) is 108 cm³/mol. The summed E-state index contributed by atoms with van der Waals surface area (Å²) in [5, 5.41) is 4.12. The molecule has 0 radical (unpaired) electrons. The maximum Gasteiger partial charge on any atom is 0.336 e. The fraction of sp³-hybridized carbons (Fsp3) is 0.421. The molecule has 1 aliphatic heterocycles. The molecule has 9 heteroatoms. The number of benzene rings is 1. The summed E-state index contributed by atoms with van der Waals surface area (Å²) in [6.07, 6.45) is 1.41. The second-order valence-corrected chi connectivity index (χ2v) is 7.03. The lowest BCUT2D eigenvalue weighted by molar-refractivity contribution is -0.127. The lowest BCUT2D eigenvalue weighted by Gasteiger charge is -2.17. The maximum atomic E-state index is 12.2. The van der Waals surface area contributed by atoms with Crippen LogP contribution in [0.3, 0.4) is 0 Å².